The summed E-state index contributed by atoms with van der Waals surface area (Å²) >= 11 is 1.12. The zero-order chi connectivity index (χ0) is 24.4. The largest absolute Gasteiger partial charge is 0.479 e. The minimum Gasteiger partial charge on any atom is -0.479 e. The van der Waals surface area contributed by atoms with Crippen molar-refractivity contribution < 1.29 is 31.9 Å². The van der Waals surface area contributed by atoms with Crippen LogP contribution in [0, 0.1) is 11.6 Å². The Balaban J connectivity index is 1.40. The molecule has 34 heavy (non-hydrogen) atoms. The molecule has 0 saturated carbocycles. The van der Waals surface area contributed by atoms with Crippen LogP contribution in [0.5, 0.6) is 5.88 Å². The first-order valence-corrected chi connectivity index (χ1v) is 10.9. The van der Waals surface area contributed by atoms with Crippen LogP contribution in [0.2, 0.25) is 0 Å². The van der Waals surface area contributed by atoms with Crippen molar-refractivity contribution in [3.8, 4) is 5.88 Å². The molecular weight excluding hydrogens is 480 g/mol. The number of fused-ring (bicyclic) bond motifs is 1. The molecule has 2 aromatic heterocycles. The molecule has 1 fully saturated rings. The minimum atomic E-state index is -3.15. The number of amides is 3. The van der Waals surface area contributed by atoms with Crippen molar-refractivity contribution in [2.24, 2.45) is 0 Å². The zero-order valence-electron chi connectivity index (χ0n) is 17.7. The first-order chi connectivity index (χ1) is 16.3. The van der Waals surface area contributed by atoms with Crippen LogP contribution in [0.4, 0.5) is 27.5 Å². The lowest BCUT2D eigenvalue weighted by molar-refractivity contribution is -0.0444. The predicted molar refractivity (Wildman–Crippen MR) is 114 cm³/mol. The first-order valence-electron chi connectivity index (χ1n) is 10.1. The molecule has 0 atom stereocenters. The highest BCUT2D eigenvalue weighted by molar-refractivity contribution is 7.22. The molecule has 4 rings (SSSR count). The van der Waals surface area contributed by atoms with E-state index in [9.17, 15) is 27.2 Å². The van der Waals surface area contributed by atoms with E-state index in [0.717, 1.165) is 17.4 Å². The smallest absolute Gasteiger partial charge is 0.323 e. The summed E-state index contributed by atoms with van der Waals surface area (Å²) in [5.74, 6) is -3.33. The van der Waals surface area contributed by atoms with Crippen LogP contribution >= 0.6 is 11.3 Å². The average molecular weight is 498 g/mol. The second kappa shape index (κ2) is 9.75. The van der Waals surface area contributed by atoms with Gasteiger partial charge in [0.25, 0.3) is 5.91 Å². The van der Waals surface area contributed by atoms with Crippen LogP contribution in [-0.2, 0) is 0 Å². The molecule has 0 unspecified atom stereocenters. The van der Waals surface area contributed by atoms with Crippen molar-refractivity contribution >= 4 is 38.8 Å². The number of anilines is 1. The fraction of sp³-hybridized carbons (Fsp3) is 0.350. The van der Waals surface area contributed by atoms with Crippen LogP contribution < -0.4 is 10.1 Å². The van der Waals surface area contributed by atoms with Crippen LogP contribution in [-0.4, -0.2) is 69.5 Å². The van der Waals surface area contributed by atoms with Gasteiger partial charge in [-0.25, -0.2) is 23.5 Å². The van der Waals surface area contributed by atoms with Crippen molar-refractivity contribution in [1.82, 2.24) is 24.8 Å². The van der Waals surface area contributed by atoms with Gasteiger partial charge in [-0.2, -0.15) is 13.8 Å². The van der Waals surface area contributed by atoms with E-state index in [1.54, 1.807) is 0 Å². The van der Waals surface area contributed by atoms with E-state index in [1.807, 2.05) is 0 Å². The number of nitrogens with zero attached hydrogens (tertiary/aromatic N) is 5. The number of benzene rings is 1. The van der Waals surface area contributed by atoms with E-state index < -0.39 is 36.2 Å². The van der Waals surface area contributed by atoms with Crippen molar-refractivity contribution in [2.75, 3.05) is 25.5 Å². The number of urea groups is 1. The van der Waals surface area contributed by atoms with Gasteiger partial charge in [0, 0.05) is 24.7 Å². The van der Waals surface area contributed by atoms with Gasteiger partial charge in [-0.05, 0) is 31.0 Å². The zero-order valence-corrected chi connectivity index (χ0v) is 18.5. The normalized spacial score (nSPS) is 14.5. The molecule has 3 aromatic rings. The fourth-order valence-electron chi connectivity index (χ4n) is 3.65. The van der Waals surface area contributed by atoms with E-state index in [-0.39, 0.29) is 42.5 Å². The summed E-state index contributed by atoms with van der Waals surface area (Å²) in [6.45, 7) is -2.96. The maximum absolute atomic E-state index is 13.7. The van der Waals surface area contributed by atoms with E-state index >= 15 is 0 Å². The molecule has 1 saturated heterocycles. The topological polar surface area (TPSA) is 101 Å². The molecular formula is C20H18F4N6O3S. The van der Waals surface area contributed by atoms with Gasteiger partial charge in [0.05, 0.1) is 7.11 Å². The molecule has 0 radical (unpaired) electrons. The Morgan fingerprint density at radius 1 is 1.21 bits per heavy atom. The lowest BCUT2D eigenvalue weighted by Gasteiger charge is -2.37. The Hall–Kier alpha value is -3.55. The number of halogens is 4. The SMILES string of the molecule is COc1ncnc2sc(NC(=O)N3CCC(N(C(=O)c4ccc(F)c(F)c4)C(F)F)CC3)nc12. The monoisotopic (exact) mass is 498 g/mol. The van der Waals surface area contributed by atoms with Crippen molar-refractivity contribution in [3.05, 3.63) is 41.7 Å². The van der Waals surface area contributed by atoms with Gasteiger partial charge >= 0.3 is 12.6 Å². The molecule has 0 bridgehead atoms. The fourth-order valence-corrected chi connectivity index (χ4v) is 4.43. The second-order valence-corrected chi connectivity index (χ2v) is 8.30. The molecule has 0 aliphatic carbocycles. The van der Waals surface area contributed by atoms with E-state index in [4.69, 9.17) is 4.74 Å². The maximum atomic E-state index is 13.7. The summed E-state index contributed by atoms with van der Waals surface area (Å²) in [5.41, 5.74) is 0.0149. The summed E-state index contributed by atoms with van der Waals surface area (Å²) < 4.78 is 59.2. The first kappa shape index (κ1) is 23.6. The van der Waals surface area contributed by atoms with Crippen molar-refractivity contribution in [1.29, 1.82) is 0 Å². The van der Waals surface area contributed by atoms with Gasteiger partial charge < -0.3 is 9.64 Å². The summed E-state index contributed by atoms with van der Waals surface area (Å²) in [6, 6.07) is 0.887. The average Bonchev–Trinajstić information content (AvgIpc) is 3.23. The van der Waals surface area contributed by atoms with E-state index in [0.29, 0.717) is 27.4 Å². The number of ether oxygens (including phenoxy) is 1. The second-order valence-electron chi connectivity index (χ2n) is 7.32. The van der Waals surface area contributed by atoms with Crippen LogP contribution in [0.25, 0.3) is 10.3 Å². The highest BCUT2D eigenvalue weighted by atomic mass is 32.1. The molecule has 14 heteroatoms. The number of carbonyl (C=O) groups excluding carboxylic acids is 2. The number of rotatable bonds is 5. The van der Waals surface area contributed by atoms with Gasteiger partial charge in [-0.3, -0.25) is 15.0 Å². The molecule has 3 heterocycles. The number of alkyl halides is 2. The molecule has 9 nitrogen and oxygen atoms in total. The number of likely N-dealkylation sites (tertiary alicyclic amines) is 1. The van der Waals surface area contributed by atoms with Crippen molar-refractivity contribution in [2.45, 2.75) is 25.4 Å². The summed E-state index contributed by atoms with van der Waals surface area (Å²) in [7, 11) is 1.43. The maximum Gasteiger partial charge on any atom is 0.323 e. The van der Waals surface area contributed by atoms with Gasteiger partial charge in [-0.15, -0.1) is 0 Å². The Morgan fingerprint density at radius 3 is 2.59 bits per heavy atom. The highest BCUT2D eigenvalue weighted by Gasteiger charge is 2.35. The van der Waals surface area contributed by atoms with Crippen molar-refractivity contribution in [3.63, 3.8) is 0 Å². The number of nitrogens with one attached hydrogen (secondary N) is 1. The standard InChI is InChI=1S/C20H18F4N6O3S/c1-33-15-14-16(26-9-25-15)34-19(27-14)28-20(32)29-6-4-11(5-7-29)30(18(23)24)17(31)10-2-3-12(21)13(22)8-10/h2-3,8-9,11,18H,4-7H2,1H3,(H,27,28,32). The Bertz CT molecular complexity index is 1220. The third-order valence-corrected chi connectivity index (χ3v) is 6.20. The molecule has 0 spiro atoms. The number of piperidine rings is 1. The van der Waals surface area contributed by atoms with Gasteiger partial charge in [0.2, 0.25) is 5.88 Å². The lowest BCUT2D eigenvalue weighted by atomic mass is 10.0. The van der Waals surface area contributed by atoms with Crippen LogP contribution in [0.1, 0.15) is 23.2 Å². The van der Waals surface area contributed by atoms with E-state index in [2.05, 4.69) is 20.3 Å². The Morgan fingerprint density at radius 2 is 1.94 bits per heavy atom. The lowest BCUT2D eigenvalue weighted by Crippen LogP contribution is -2.51. The van der Waals surface area contributed by atoms with Gasteiger partial charge in [-0.1, -0.05) is 11.3 Å². The summed E-state index contributed by atoms with van der Waals surface area (Å²) in [4.78, 5) is 39.8. The number of methoxy groups -OCH3 is 1. The highest BCUT2D eigenvalue weighted by Crippen LogP contribution is 2.29. The Labute approximate surface area is 194 Å². The molecule has 1 N–H and O–H groups in total. The van der Waals surface area contributed by atoms with E-state index in [1.165, 1.54) is 18.3 Å². The quantitative estimate of drug-likeness (QED) is 0.425. The molecule has 1 aliphatic heterocycles. The van der Waals surface area contributed by atoms with Crippen LogP contribution in [0.15, 0.2) is 24.5 Å². The molecule has 1 aliphatic rings. The molecule has 3 amide bonds. The summed E-state index contributed by atoms with van der Waals surface area (Å²) in [6.07, 6.45) is 1.46. The third kappa shape index (κ3) is 4.71. The van der Waals surface area contributed by atoms with Gasteiger partial charge in [0.1, 0.15) is 6.33 Å². The summed E-state index contributed by atoms with van der Waals surface area (Å²) in [5, 5.41) is 2.91. The number of hydrogen-bond acceptors (Lipinski definition) is 7. The number of thiazole rings is 1. The van der Waals surface area contributed by atoms with Crippen LogP contribution in [0.3, 0.4) is 0 Å². The number of hydrogen-bond donors (Lipinski definition) is 1. The number of carbonyl (C=O) groups is 2. The molecule has 180 valence electrons. The number of aromatic nitrogens is 3. The third-order valence-electron chi connectivity index (χ3n) is 5.33. The minimum absolute atomic E-state index is 0.0757. The predicted octanol–water partition coefficient (Wildman–Crippen LogP) is 3.73. The Kier molecular flexibility index (Phi) is 6.77. The van der Waals surface area contributed by atoms with Gasteiger partial charge in [0.15, 0.2) is 27.1 Å². The molecule has 1 aromatic carbocycles.